The highest BCUT2D eigenvalue weighted by atomic mass is 16.1. The van der Waals surface area contributed by atoms with Gasteiger partial charge in [-0.25, -0.2) is 0 Å². The average Bonchev–Trinajstić information content (AvgIpc) is 3.03. The predicted octanol–water partition coefficient (Wildman–Crippen LogP) is 2.79. The molecule has 0 unspecified atom stereocenters. The van der Waals surface area contributed by atoms with Crippen LogP contribution in [0.2, 0.25) is 0 Å². The molecule has 0 aliphatic rings. The first kappa shape index (κ1) is 16.6. The zero-order valence-electron chi connectivity index (χ0n) is 13.9. The van der Waals surface area contributed by atoms with Crippen molar-refractivity contribution in [3.63, 3.8) is 0 Å². The summed E-state index contributed by atoms with van der Waals surface area (Å²) in [7, 11) is 1.76. The van der Waals surface area contributed by atoms with Gasteiger partial charge in [-0.3, -0.25) is 9.48 Å². The SMILES string of the molecule is CCCn1c(C)cc(/C=C(/C#N)C(=O)Nc2ccn(C)n2)c1C. The van der Waals surface area contributed by atoms with Crippen LogP contribution in [0.4, 0.5) is 5.82 Å². The third-order valence-corrected chi connectivity index (χ3v) is 3.68. The van der Waals surface area contributed by atoms with Crippen LogP contribution in [-0.2, 0) is 18.4 Å². The number of aryl methyl sites for hydroxylation is 2. The lowest BCUT2D eigenvalue weighted by Crippen LogP contribution is -2.14. The van der Waals surface area contributed by atoms with Crippen LogP contribution < -0.4 is 5.32 Å². The van der Waals surface area contributed by atoms with E-state index >= 15 is 0 Å². The Balaban J connectivity index is 2.26. The number of anilines is 1. The zero-order chi connectivity index (χ0) is 17.0. The highest BCUT2D eigenvalue weighted by Crippen LogP contribution is 2.19. The van der Waals surface area contributed by atoms with Crippen LogP contribution in [0.1, 0.15) is 30.3 Å². The highest BCUT2D eigenvalue weighted by Gasteiger charge is 2.13. The fourth-order valence-corrected chi connectivity index (χ4v) is 2.51. The molecule has 23 heavy (non-hydrogen) atoms. The van der Waals surface area contributed by atoms with E-state index in [1.807, 2.05) is 26.0 Å². The van der Waals surface area contributed by atoms with Crippen molar-refractivity contribution >= 4 is 17.8 Å². The molecule has 0 radical (unpaired) electrons. The summed E-state index contributed by atoms with van der Waals surface area (Å²) < 4.78 is 3.78. The van der Waals surface area contributed by atoms with Crippen molar-refractivity contribution in [2.45, 2.75) is 33.7 Å². The third kappa shape index (κ3) is 3.69. The molecular formula is C17H21N5O. The van der Waals surface area contributed by atoms with Gasteiger partial charge >= 0.3 is 0 Å². The Bertz CT molecular complexity index is 789. The van der Waals surface area contributed by atoms with Crippen molar-refractivity contribution in [3.8, 4) is 6.07 Å². The predicted molar refractivity (Wildman–Crippen MR) is 89.6 cm³/mol. The molecule has 0 atom stereocenters. The van der Waals surface area contributed by atoms with Crippen LogP contribution in [0.15, 0.2) is 23.9 Å². The molecule has 6 heteroatoms. The second-order valence-electron chi connectivity index (χ2n) is 5.48. The molecule has 2 aromatic heterocycles. The van der Waals surface area contributed by atoms with E-state index in [-0.39, 0.29) is 5.57 Å². The van der Waals surface area contributed by atoms with E-state index in [1.54, 1.807) is 30.1 Å². The molecule has 0 aromatic carbocycles. The summed E-state index contributed by atoms with van der Waals surface area (Å²) in [6, 6.07) is 5.65. The minimum absolute atomic E-state index is 0.0624. The number of hydrogen-bond donors (Lipinski definition) is 1. The molecule has 0 fully saturated rings. The maximum absolute atomic E-state index is 12.2. The van der Waals surface area contributed by atoms with Crippen LogP contribution >= 0.6 is 0 Å². The van der Waals surface area contributed by atoms with Gasteiger partial charge in [-0.2, -0.15) is 10.4 Å². The Hall–Kier alpha value is -2.81. The summed E-state index contributed by atoms with van der Waals surface area (Å²) in [6.45, 7) is 7.07. The lowest BCUT2D eigenvalue weighted by atomic mass is 10.1. The molecule has 0 spiro atoms. The van der Waals surface area contributed by atoms with Gasteiger partial charge in [0.2, 0.25) is 0 Å². The number of rotatable bonds is 5. The highest BCUT2D eigenvalue weighted by molar-refractivity contribution is 6.09. The number of amides is 1. The monoisotopic (exact) mass is 311 g/mol. The van der Waals surface area contributed by atoms with E-state index in [4.69, 9.17) is 0 Å². The largest absolute Gasteiger partial charge is 0.349 e. The first-order valence-corrected chi connectivity index (χ1v) is 7.55. The minimum Gasteiger partial charge on any atom is -0.349 e. The first-order chi connectivity index (χ1) is 11.0. The van der Waals surface area contributed by atoms with Gasteiger partial charge in [0.05, 0.1) is 0 Å². The number of carbonyl (C=O) groups excluding carboxylic acids is 1. The van der Waals surface area contributed by atoms with E-state index in [0.29, 0.717) is 5.82 Å². The summed E-state index contributed by atoms with van der Waals surface area (Å²) in [5.41, 5.74) is 3.14. The Kier molecular flexibility index (Phi) is 5.02. The van der Waals surface area contributed by atoms with E-state index < -0.39 is 5.91 Å². The normalized spacial score (nSPS) is 11.3. The van der Waals surface area contributed by atoms with Crippen molar-refractivity contribution in [3.05, 3.63) is 40.9 Å². The van der Waals surface area contributed by atoms with Gasteiger partial charge in [-0.1, -0.05) is 6.92 Å². The third-order valence-electron chi connectivity index (χ3n) is 3.68. The number of carbonyl (C=O) groups is 1. The van der Waals surface area contributed by atoms with Crippen molar-refractivity contribution in [1.29, 1.82) is 5.26 Å². The van der Waals surface area contributed by atoms with Crippen LogP contribution in [0.5, 0.6) is 0 Å². The minimum atomic E-state index is -0.452. The maximum Gasteiger partial charge on any atom is 0.267 e. The van der Waals surface area contributed by atoms with Crippen LogP contribution in [0.3, 0.4) is 0 Å². The molecular weight excluding hydrogens is 290 g/mol. The Morgan fingerprint density at radius 1 is 1.48 bits per heavy atom. The number of nitrogens with zero attached hydrogens (tertiary/aromatic N) is 4. The quantitative estimate of drug-likeness (QED) is 0.681. The molecule has 2 heterocycles. The standard InChI is InChI=1S/C17H21N5O/c1-5-7-22-12(2)9-14(13(22)3)10-15(11-18)17(23)19-16-6-8-21(4)20-16/h6,8-10H,5,7H2,1-4H3,(H,19,20,23)/b15-10-. The van der Waals surface area contributed by atoms with Crippen molar-refractivity contribution < 1.29 is 4.79 Å². The Morgan fingerprint density at radius 3 is 2.78 bits per heavy atom. The molecule has 0 saturated heterocycles. The number of nitriles is 1. The number of nitrogens with one attached hydrogen (secondary N) is 1. The van der Waals surface area contributed by atoms with E-state index in [1.165, 1.54) is 0 Å². The fraction of sp³-hybridized carbons (Fsp3) is 0.353. The zero-order valence-corrected chi connectivity index (χ0v) is 13.9. The second kappa shape index (κ2) is 6.97. The van der Waals surface area contributed by atoms with E-state index in [2.05, 4.69) is 21.9 Å². The second-order valence-corrected chi connectivity index (χ2v) is 5.48. The van der Waals surface area contributed by atoms with Gasteiger partial charge in [0.1, 0.15) is 11.6 Å². The summed E-state index contributed by atoms with van der Waals surface area (Å²) in [6.07, 6.45) is 4.39. The molecule has 0 aliphatic heterocycles. The smallest absolute Gasteiger partial charge is 0.267 e. The molecule has 2 rings (SSSR count). The van der Waals surface area contributed by atoms with E-state index in [9.17, 15) is 10.1 Å². The molecule has 6 nitrogen and oxygen atoms in total. The lowest BCUT2D eigenvalue weighted by molar-refractivity contribution is -0.112. The molecule has 1 N–H and O–H groups in total. The summed E-state index contributed by atoms with van der Waals surface area (Å²) in [5, 5.41) is 16.0. The van der Waals surface area contributed by atoms with Crippen LogP contribution in [-0.4, -0.2) is 20.3 Å². The topological polar surface area (TPSA) is 75.6 Å². The molecule has 120 valence electrons. The van der Waals surface area contributed by atoms with Gasteiger partial charge in [0.15, 0.2) is 5.82 Å². The summed E-state index contributed by atoms with van der Waals surface area (Å²) >= 11 is 0. The molecule has 1 amide bonds. The van der Waals surface area contributed by atoms with Crippen molar-refractivity contribution in [2.75, 3.05) is 5.32 Å². The number of hydrogen-bond acceptors (Lipinski definition) is 3. The van der Waals surface area contributed by atoms with Crippen molar-refractivity contribution in [2.24, 2.45) is 7.05 Å². The Labute approximate surface area is 136 Å². The van der Waals surface area contributed by atoms with Gasteiger partial charge < -0.3 is 9.88 Å². The summed E-state index contributed by atoms with van der Waals surface area (Å²) in [4.78, 5) is 12.2. The first-order valence-electron chi connectivity index (χ1n) is 7.55. The molecule has 0 saturated carbocycles. The van der Waals surface area contributed by atoms with Crippen molar-refractivity contribution in [1.82, 2.24) is 14.3 Å². The lowest BCUT2D eigenvalue weighted by Gasteiger charge is -2.07. The average molecular weight is 311 g/mol. The van der Waals surface area contributed by atoms with Gasteiger partial charge in [0, 0.05) is 37.2 Å². The Morgan fingerprint density at radius 2 is 2.22 bits per heavy atom. The number of aromatic nitrogens is 3. The molecule has 0 bridgehead atoms. The van der Waals surface area contributed by atoms with E-state index in [0.717, 1.165) is 29.9 Å². The van der Waals surface area contributed by atoms with Crippen LogP contribution in [0, 0.1) is 25.2 Å². The molecule has 0 aliphatic carbocycles. The fourth-order valence-electron chi connectivity index (χ4n) is 2.51. The van der Waals surface area contributed by atoms with Gasteiger partial charge in [-0.05, 0) is 38.0 Å². The van der Waals surface area contributed by atoms with Gasteiger partial charge in [0.25, 0.3) is 5.91 Å². The van der Waals surface area contributed by atoms with Gasteiger partial charge in [-0.15, -0.1) is 0 Å². The summed E-state index contributed by atoms with van der Waals surface area (Å²) in [5.74, 6) is -0.0263. The maximum atomic E-state index is 12.2. The molecule has 2 aromatic rings. The van der Waals surface area contributed by atoms with Crippen LogP contribution in [0.25, 0.3) is 6.08 Å².